The zero-order valence-corrected chi connectivity index (χ0v) is 16.7. The Kier molecular flexibility index (Phi) is 6.00. The van der Waals surface area contributed by atoms with Crippen molar-refractivity contribution >= 4 is 21.6 Å². The number of carbonyl (C=O) groups excluding carboxylic acids is 1. The standard InChI is InChI=1S/C20H24FN3O3S/c1-14-6-7-18(13-19(14)21)28(26,27)23-17-5-3-4-15(12-17)20(25)22-16-8-10-24(2)11-9-16/h3-7,12-13,16,23H,8-11H2,1-2H3,(H,22,25). The van der Waals surface area contributed by atoms with Crippen LogP contribution in [0.5, 0.6) is 0 Å². The van der Waals surface area contributed by atoms with Crippen LogP contribution in [0.3, 0.4) is 0 Å². The van der Waals surface area contributed by atoms with Crippen molar-refractivity contribution in [2.75, 3.05) is 24.9 Å². The molecule has 0 bridgehead atoms. The van der Waals surface area contributed by atoms with Gasteiger partial charge in [0.2, 0.25) is 0 Å². The van der Waals surface area contributed by atoms with Gasteiger partial charge in [0.05, 0.1) is 4.90 Å². The van der Waals surface area contributed by atoms with Crippen LogP contribution in [0.2, 0.25) is 0 Å². The molecule has 8 heteroatoms. The minimum atomic E-state index is -3.96. The highest BCUT2D eigenvalue weighted by atomic mass is 32.2. The van der Waals surface area contributed by atoms with Crippen LogP contribution >= 0.6 is 0 Å². The molecule has 3 rings (SSSR count). The van der Waals surface area contributed by atoms with E-state index in [0.29, 0.717) is 11.1 Å². The van der Waals surface area contributed by atoms with Gasteiger partial charge in [-0.3, -0.25) is 9.52 Å². The first-order valence-electron chi connectivity index (χ1n) is 9.13. The van der Waals surface area contributed by atoms with Gasteiger partial charge in [-0.2, -0.15) is 0 Å². The Hall–Kier alpha value is -2.45. The average Bonchev–Trinajstić information content (AvgIpc) is 2.65. The van der Waals surface area contributed by atoms with Crippen molar-refractivity contribution < 1.29 is 17.6 Å². The van der Waals surface area contributed by atoms with Gasteiger partial charge >= 0.3 is 0 Å². The molecule has 0 radical (unpaired) electrons. The summed E-state index contributed by atoms with van der Waals surface area (Å²) in [5, 5.41) is 3.00. The number of halogens is 1. The van der Waals surface area contributed by atoms with Gasteiger partial charge in [0.25, 0.3) is 15.9 Å². The summed E-state index contributed by atoms with van der Waals surface area (Å²) in [7, 11) is -1.91. The fourth-order valence-electron chi connectivity index (χ4n) is 3.10. The number of benzene rings is 2. The summed E-state index contributed by atoms with van der Waals surface area (Å²) < 4.78 is 41.1. The van der Waals surface area contributed by atoms with Gasteiger partial charge in [0.15, 0.2) is 0 Å². The summed E-state index contributed by atoms with van der Waals surface area (Å²) in [6, 6.07) is 10.1. The number of nitrogens with zero attached hydrogens (tertiary/aromatic N) is 1. The van der Waals surface area contributed by atoms with Crippen molar-refractivity contribution in [2.45, 2.75) is 30.7 Å². The second-order valence-electron chi connectivity index (χ2n) is 7.15. The molecule has 1 amide bonds. The average molecular weight is 405 g/mol. The first-order chi connectivity index (χ1) is 13.2. The SMILES string of the molecule is Cc1ccc(S(=O)(=O)Nc2cccc(C(=O)NC3CCN(C)CC3)c2)cc1F. The van der Waals surface area contributed by atoms with Crippen molar-refractivity contribution in [2.24, 2.45) is 0 Å². The largest absolute Gasteiger partial charge is 0.349 e. The van der Waals surface area contributed by atoms with E-state index in [1.807, 2.05) is 7.05 Å². The number of hydrogen-bond acceptors (Lipinski definition) is 4. The first kappa shape index (κ1) is 20.3. The molecule has 2 aromatic carbocycles. The Morgan fingerprint density at radius 3 is 2.54 bits per heavy atom. The number of sulfonamides is 1. The Morgan fingerprint density at radius 1 is 1.14 bits per heavy atom. The van der Waals surface area contributed by atoms with Crippen LogP contribution in [0.15, 0.2) is 47.4 Å². The maximum Gasteiger partial charge on any atom is 0.261 e. The monoisotopic (exact) mass is 405 g/mol. The lowest BCUT2D eigenvalue weighted by molar-refractivity contribution is 0.0917. The number of piperidine rings is 1. The van der Waals surface area contributed by atoms with Crippen molar-refractivity contribution in [3.63, 3.8) is 0 Å². The van der Waals surface area contributed by atoms with Gasteiger partial charge in [-0.1, -0.05) is 12.1 Å². The lowest BCUT2D eigenvalue weighted by atomic mass is 10.0. The quantitative estimate of drug-likeness (QED) is 0.802. The molecule has 28 heavy (non-hydrogen) atoms. The van der Waals surface area contributed by atoms with Crippen molar-refractivity contribution in [1.82, 2.24) is 10.2 Å². The molecule has 1 fully saturated rings. The molecule has 0 atom stereocenters. The molecule has 0 aromatic heterocycles. The number of rotatable bonds is 5. The zero-order chi connectivity index (χ0) is 20.3. The topological polar surface area (TPSA) is 78.5 Å². The predicted octanol–water partition coefficient (Wildman–Crippen LogP) is 2.76. The first-order valence-corrected chi connectivity index (χ1v) is 10.6. The molecule has 1 aliphatic rings. The van der Waals surface area contributed by atoms with Gasteiger partial charge in [-0.05, 0) is 75.8 Å². The fraction of sp³-hybridized carbons (Fsp3) is 0.350. The Balaban J connectivity index is 1.72. The number of hydrogen-bond donors (Lipinski definition) is 2. The third-order valence-electron chi connectivity index (χ3n) is 4.88. The molecular weight excluding hydrogens is 381 g/mol. The maximum absolute atomic E-state index is 13.7. The van der Waals surface area contributed by atoms with Crippen LogP contribution in [-0.4, -0.2) is 45.4 Å². The summed E-state index contributed by atoms with van der Waals surface area (Å²) in [5.74, 6) is -0.828. The molecule has 1 saturated heterocycles. The van der Waals surface area contributed by atoms with Crippen LogP contribution in [0.1, 0.15) is 28.8 Å². The minimum Gasteiger partial charge on any atom is -0.349 e. The van der Waals surface area contributed by atoms with Gasteiger partial charge in [-0.25, -0.2) is 12.8 Å². The van der Waals surface area contributed by atoms with Crippen molar-refractivity contribution in [3.05, 3.63) is 59.4 Å². The molecule has 150 valence electrons. The van der Waals surface area contributed by atoms with E-state index in [2.05, 4.69) is 14.9 Å². The van der Waals surface area contributed by atoms with E-state index in [9.17, 15) is 17.6 Å². The lowest BCUT2D eigenvalue weighted by Gasteiger charge is -2.29. The van der Waals surface area contributed by atoms with Gasteiger partial charge < -0.3 is 10.2 Å². The lowest BCUT2D eigenvalue weighted by Crippen LogP contribution is -2.43. The summed E-state index contributed by atoms with van der Waals surface area (Å²) in [6.45, 7) is 3.42. The van der Waals surface area contributed by atoms with Crippen molar-refractivity contribution in [3.8, 4) is 0 Å². The minimum absolute atomic E-state index is 0.111. The van der Waals surface area contributed by atoms with E-state index in [4.69, 9.17) is 0 Å². The predicted molar refractivity (Wildman–Crippen MR) is 106 cm³/mol. The molecule has 0 saturated carbocycles. The second-order valence-corrected chi connectivity index (χ2v) is 8.83. The third kappa shape index (κ3) is 4.88. The number of likely N-dealkylation sites (tertiary alicyclic amines) is 1. The van der Waals surface area contributed by atoms with Crippen LogP contribution in [0, 0.1) is 12.7 Å². The molecule has 0 aliphatic carbocycles. The van der Waals surface area contributed by atoms with E-state index >= 15 is 0 Å². The van der Waals surface area contributed by atoms with Gasteiger partial charge in [0, 0.05) is 17.3 Å². The number of carbonyl (C=O) groups is 1. The summed E-state index contributed by atoms with van der Waals surface area (Å²) >= 11 is 0. The third-order valence-corrected chi connectivity index (χ3v) is 6.26. The Morgan fingerprint density at radius 2 is 1.86 bits per heavy atom. The molecule has 1 heterocycles. The van der Waals surface area contributed by atoms with Gasteiger partial charge in [-0.15, -0.1) is 0 Å². The fourth-order valence-corrected chi connectivity index (χ4v) is 4.16. The van der Waals surface area contributed by atoms with Crippen LogP contribution in [-0.2, 0) is 10.0 Å². The summed E-state index contributed by atoms with van der Waals surface area (Å²) in [5.41, 5.74) is 0.984. The van der Waals surface area contributed by atoms with Gasteiger partial charge in [0.1, 0.15) is 5.82 Å². The smallest absolute Gasteiger partial charge is 0.261 e. The molecule has 0 spiro atoms. The van der Waals surface area contributed by atoms with Crippen LogP contribution in [0.4, 0.5) is 10.1 Å². The second kappa shape index (κ2) is 8.28. The highest BCUT2D eigenvalue weighted by molar-refractivity contribution is 7.92. The molecule has 0 unspecified atom stereocenters. The number of amides is 1. The zero-order valence-electron chi connectivity index (χ0n) is 15.9. The van der Waals surface area contributed by atoms with E-state index in [0.717, 1.165) is 32.0 Å². The highest BCUT2D eigenvalue weighted by Gasteiger charge is 2.20. The Labute approximate surface area is 164 Å². The molecule has 1 aliphatic heterocycles. The molecule has 6 nitrogen and oxygen atoms in total. The molecule has 2 N–H and O–H groups in total. The van der Waals surface area contributed by atoms with E-state index in [1.54, 1.807) is 25.1 Å². The van der Waals surface area contributed by atoms with Crippen LogP contribution in [0.25, 0.3) is 0 Å². The highest BCUT2D eigenvalue weighted by Crippen LogP contribution is 2.20. The number of anilines is 1. The normalized spacial score (nSPS) is 16.0. The summed E-state index contributed by atoms with van der Waals surface area (Å²) in [6.07, 6.45) is 1.76. The molecule has 2 aromatic rings. The van der Waals surface area contributed by atoms with E-state index in [1.165, 1.54) is 18.2 Å². The van der Waals surface area contributed by atoms with Crippen molar-refractivity contribution in [1.29, 1.82) is 0 Å². The van der Waals surface area contributed by atoms with Crippen LogP contribution < -0.4 is 10.0 Å². The van der Waals surface area contributed by atoms with E-state index in [-0.39, 0.29) is 22.5 Å². The molecular formula is C20H24FN3O3S. The summed E-state index contributed by atoms with van der Waals surface area (Å²) in [4.78, 5) is 14.6. The number of aryl methyl sites for hydroxylation is 1. The Bertz CT molecular complexity index is 970. The maximum atomic E-state index is 13.7. The van der Waals surface area contributed by atoms with E-state index < -0.39 is 15.8 Å². The number of nitrogens with one attached hydrogen (secondary N) is 2.